The summed E-state index contributed by atoms with van der Waals surface area (Å²) in [6.07, 6.45) is 0. The van der Waals surface area contributed by atoms with E-state index in [1.165, 1.54) is 0 Å². The number of nitrogens with one attached hydrogen (secondary N) is 1. The molecular weight excluding hydrogens is 212 g/mol. The van der Waals surface area contributed by atoms with E-state index in [1.807, 2.05) is 26.0 Å². The molecule has 0 aliphatic carbocycles. The summed E-state index contributed by atoms with van der Waals surface area (Å²) in [7, 11) is 0. The number of hydrogen-bond donors (Lipinski definition) is 1. The fraction of sp³-hybridized carbons (Fsp3) is 0.429. The fourth-order valence-corrected chi connectivity index (χ4v) is 1.07. The van der Waals surface area contributed by atoms with Crippen molar-refractivity contribution in [2.24, 2.45) is 10.5 Å². The van der Waals surface area contributed by atoms with Gasteiger partial charge in [0.2, 0.25) is 0 Å². The number of nitrogens with zero attached hydrogens (tertiary/aromatic N) is 1. The zero-order chi connectivity index (χ0) is 13.1. The number of carbonyl (C=O) groups is 1. The molecule has 0 spiro atoms. The van der Waals surface area contributed by atoms with E-state index in [-0.39, 0.29) is 11.3 Å². The lowest BCUT2D eigenvalue weighted by molar-refractivity contribution is 0.0954. The maximum absolute atomic E-state index is 11.8. The number of carbonyl (C=O) groups excluding carboxylic acids is 1. The van der Waals surface area contributed by atoms with E-state index in [1.54, 1.807) is 12.1 Å². The second-order valence-corrected chi connectivity index (χ2v) is 5.25. The summed E-state index contributed by atoms with van der Waals surface area (Å²) >= 11 is 0. The predicted molar refractivity (Wildman–Crippen MR) is 71.2 cm³/mol. The quantitative estimate of drug-likeness (QED) is 0.617. The summed E-state index contributed by atoms with van der Waals surface area (Å²) in [5.74, 6) is -0.173. The van der Waals surface area contributed by atoms with Crippen molar-refractivity contribution in [2.75, 3.05) is 0 Å². The molecule has 1 aromatic rings. The van der Waals surface area contributed by atoms with Crippen LogP contribution in [0, 0.1) is 12.3 Å². The molecule has 17 heavy (non-hydrogen) atoms. The summed E-state index contributed by atoms with van der Waals surface area (Å²) in [5.41, 5.74) is 5.21. The summed E-state index contributed by atoms with van der Waals surface area (Å²) in [6.45, 7) is 10.1. The third-order valence-corrected chi connectivity index (χ3v) is 2.72. The van der Waals surface area contributed by atoms with Crippen LogP contribution in [0.25, 0.3) is 0 Å². The standard InChI is InChI=1S/C14H20N2O/c1-10-6-8-12(9-7-10)13(17)16-15-11(2)14(3,4)5/h6-9H,1-5H3,(H,16,17)/b15-11+. The molecule has 0 radical (unpaired) electrons. The largest absolute Gasteiger partial charge is 0.271 e. The smallest absolute Gasteiger partial charge is 0.267 e. The highest BCUT2D eigenvalue weighted by atomic mass is 16.2. The molecule has 0 fully saturated rings. The fourth-order valence-electron chi connectivity index (χ4n) is 1.07. The number of aryl methyl sites for hydroxylation is 1. The third-order valence-electron chi connectivity index (χ3n) is 2.72. The van der Waals surface area contributed by atoms with Gasteiger partial charge in [-0.3, -0.25) is 4.79 Å². The van der Waals surface area contributed by atoms with Crippen LogP contribution < -0.4 is 5.43 Å². The third kappa shape index (κ3) is 4.02. The average Bonchev–Trinajstić information content (AvgIpc) is 2.25. The normalized spacial score (nSPS) is 12.4. The summed E-state index contributed by atoms with van der Waals surface area (Å²) < 4.78 is 0. The first-order valence-electron chi connectivity index (χ1n) is 5.72. The first kappa shape index (κ1) is 13.4. The van der Waals surface area contributed by atoms with Crippen LogP contribution in [0.5, 0.6) is 0 Å². The molecule has 0 saturated heterocycles. The second kappa shape index (κ2) is 5.13. The van der Waals surface area contributed by atoms with Gasteiger partial charge in [-0.15, -0.1) is 0 Å². The van der Waals surface area contributed by atoms with Crippen molar-refractivity contribution in [2.45, 2.75) is 34.6 Å². The Balaban J connectivity index is 2.71. The second-order valence-electron chi connectivity index (χ2n) is 5.25. The van der Waals surface area contributed by atoms with E-state index in [0.29, 0.717) is 5.56 Å². The number of rotatable bonds is 2. The van der Waals surface area contributed by atoms with Gasteiger partial charge in [0.25, 0.3) is 5.91 Å². The molecule has 3 heteroatoms. The number of hydrazone groups is 1. The van der Waals surface area contributed by atoms with Gasteiger partial charge in [0.1, 0.15) is 0 Å². The minimum atomic E-state index is -0.173. The van der Waals surface area contributed by atoms with Gasteiger partial charge in [-0.05, 0) is 26.0 Å². The molecule has 1 aromatic carbocycles. The van der Waals surface area contributed by atoms with Crippen molar-refractivity contribution in [3.05, 3.63) is 35.4 Å². The molecule has 0 aromatic heterocycles. The monoisotopic (exact) mass is 232 g/mol. The molecule has 0 aliphatic heterocycles. The topological polar surface area (TPSA) is 41.5 Å². The highest BCUT2D eigenvalue weighted by molar-refractivity contribution is 5.95. The van der Waals surface area contributed by atoms with Crippen molar-refractivity contribution >= 4 is 11.6 Å². The van der Waals surface area contributed by atoms with Crippen molar-refractivity contribution < 1.29 is 4.79 Å². The van der Waals surface area contributed by atoms with Crippen LogP contribution >= 0.6 is 0 Å². The lowest BCUT2D eigenvalue weighted by Gasteiger charge is -2.17. The minimum Gasteiger partial charge on any atom is -0.267 e. The molecule has 0 aliphatic rings. The van der Waals surface area contributed by atoms with E-state index in [0.717, 1.165) is 11.3 Å². The van der Waals surface area contributed by atoms with E-state index in [4.69, 9.17) is 0 Å². The van der Waals surface area contributed by atoms with E-state index < -0.39 is 0 Å². The van der Waals surface area contributed by atoms with Crippen molar-refractivity contribution in [1.82, 2.24) is 5.43 Å². The summed E-state index contributed by atoms with van der Waals surface area (Å²) in [6, 6.07) is 7.42. The Labute approximate surface area is 103 Å². The molecule has 1 rings (SSSR count). The van der Waals surface area contributed by atoms with Gasteiger partial charge in [-0.2, -0.15) is 5.10 Å². The minimum absolute atomic E-state index is 0.0272. The molecule has 0 saturated carbocycles. The number of amides is 1. The van der Waals surface area contributed by atoms with Crippen molar-refractivity contribution in [3.63, 3.8) is 0 Å². The molecule has 92 valence electrons. The highest BCUT2D eigenvalue weighted by Crippen LogP contribution is 2.14. The summed E-state index contributed by atoms with van der Waals surface area (Å²) in [4.78, 5) is 11.8. The zero-order valence-corrected chi connectivity index (χ0v) is 11.2. The van der Waals surface area contributed by atoms with Gasteiger partial charge in [-0.25, -0.2) is 5.43 Å². The van der Waals surface area contributed by atoms with Crippen LogP contribution in [-0.4, -0.2) is 11.6 Å². The van der Waals surface area contributed by atoms with Gasteiger partial charge >= 0.3 is 0 Å². The van der Waals surface area contributed by atoms with Crippen LogP contribution in [-0.2, 0) is 0 Å². The Morgan fingerprint density at radius 2 is 1.71 bits per heavy atom. The van der Waals surface area contributed by atoms with Crippen molar-refractivity contribution in [3.8, 4) is 0 Å². The molecule has 1 amide bonds. The van der Waals surface area contributed by atoms with Crippen LogP contribution in [0.2, 0.25) is 0 Å². The average molecular weight is 232 g/mol. The zero-order valence-electron chi connectivity index (χ0n) is 11.2. The molecule has 0 atom stereocenters. The predicted octanol–water partition coefficient (Wildman–Crippen LogP) is 3.15. The van der Waals surface area contributed by atoms with Gasteiger partial charge in [0.05, 0.1) is 0 Å². The summed E-state index contributed by atoms with van der Waals surface area (Å²) in [5, 5.41) is 4.11. The van der Waals surface area contributed by atoms with E-state index >= 15 is 0 Å². The Hall–Kier alpha value is -1.64. The lowest BCUT2D eigenvalue weighted by Crippen LogP contribution is -2.24. The van der Waals surface area contributed by atoms with Gasteiger partial charge in [0.15, 0.2) is 0 Å². The maximum atomic E-state index is 11.8. The first-order chi connectivity index (χ1) is 7.80. The van der Waals surface area contributed by atoms with Crippen LogP contribution in [0.1, 0.15) is 43.6 Å². The Kier molecular flexibility index (Phi) is 4.05. The Bertz CT molecular complexity index is 425. The van der Waals surface area contributed by atoms with Gasteiger partial charge < -0.3 is 0 Å². The molecule has 1 N–H and O–H groups in total. The Morgan fingerprint density at radius 3 is 2.18 bits per heavy atom. The molecule has 0 bridgehead atoms. The van der Waals surface area contributed by atoms with Crippen molar-refractivity contribution in [1.29, 1.82) is 0 Å². The highest BCUT2D eigenvalue weighted by Gasteiger charge is 2.14. The molecular formula is C14H20N2O. The van der Waals surface area contributed by atoms with Crippen LogP contribution in [0.4, 0.5) is 0 Å². The van der Waals surface area contributed by atoms with E-state index in [9.17, 15) is 4.79 Å². The van der Waals surface area contributed by atoms with Crippen LogP contribution in [0.3, 0.4) is 0 Å². The lowest BCUT2D eigenvalue weighted by atomic mass is 9.91. The number of benzene rings is 1. The molecule has 0 heterocycles. The van der Waals surface area contributed by atoms with E-state index in [2.05, 4.69) is 31.3 Å². The van der Waals surface area contributed by atoms with Crippen LogP contribution in [0.15, 0.2) is 29.4 Å². The molecule has 3 nitrogen and oxygen atoms in total. The SMILES string of the molecule is C/C(=N\NC(=O)c1ccc(C)cc1)C(C)(C)C. The number of hydrogen-bond acceptors (Lipinski definition) is 2. The van der Waals surface area contributed by atoms with Gasteiger partial charge in [0, 0.05) is 16.7 Å². The van der Waals surface area contributed by atoms with Gasteiger partial charge in [-0.1, -0.05) is 38.5 Å². The maximum Gasteiger partial charge on any atom is 0.271 e. The Morgan fingerprint density at radius 1 is 1.18 bits per heavy atom. The first-order valence-corrected chi connectivity index (χ1v) is 5.72. The molecule has 0 unspecified atom stereocenters.